The quantitative estimate of drug-likeness (QED) is 0.471. The molecule has 1 atom stereocenters. The molecule has 1 aliphatic rings. The number of phenolic OH excluding ortho intramolecular Hbond substituents is 3. The summed E-state index contributed by atoms with van der Waals surface area (Å²) in [6.45, 7) is 0.865. The molecule has 0 spiro atoms. The van der Waals surface area contributed by atoms with E-state index in [0.717, 1.165) is 35.1 Å². The van der Waals surface area contributed by atoms with E-state index in [2.05, 4.69) is 10.3 Å². The van der Waals surface area contributed by atoms with Crippen molar-refractivity contribution in [2.24, 2.45) is 0 Å². The zero-order valence-electron chi connectivity index (χ0n) is 12.5. The number of fused-ring (bicyclic) bond motifs is 3. The van der Waals surface area contributed by atoms with Crippen molar-refractivity contribution in [2.75, 3.05) is 6.54 Å². The van der Waals surface area contributed by atoms with Gasteiger partial charge in [-0.1, -0.05) is 6.07 Å². The average molecular weight is 310 g/mol. The van der Waals surface area contributed by atoms with E-state index in [9.17, 15) is 15.3 Å². The van der Waals surface area contributed by atoms with Crippen LogP contribution in [0.3, 0.4) is 0 Å². The Balaban J connectivity index is 1.72. The van der Waals surface area contributed by atoms with Crippen LogP contribution in [0, 0.1) is 0 Å². The molecule has 5 N–H and O–H groups in total. The van der Waals surface area contributed by atoms with Crippen LogP contribution in [0.25, 0.3) is 10.9 Å². The smallest absolute Gasteiger partial charge is 0.157 e. The fourth-order valence-corrected chi connectivity index (χ4v) is 3.40. The van der Waals surface area contributed by atoms with Crippen LogP contribution in [0.4, 0.5) is 0 Å². The minimum Gasteiger partial charge on any atom is -0.508 e. The van der Waals surface area contributed by atoms with E-state index in [4.69, 9.17) is 0 Å². The molecule has 0 saturated carbocycles. The average Bonchev–Trinajstić information content (AvgIpc) is 2.90. The number of nitrogens with one attached hydrogen (secondary N) is 2. The lowest BCUT2D eigenvalue weighted by molar-refractivity contribution is 0.402. The highest BCUT2D eigenvalue weighted by Gasteiger charge is 2.24. The molecule has 0 saturated heterocycles. The van der Waals surface area contributed by atoms with E-state index < -0.39 is 0 Å². The molecule has 3 aromatic rings. The third kappa shape index (κ3) is 2.39. The lowest BCUT2D eigenvalue weighted by Crippen LogP contribution is -2.31. The van der Waals surface area contributed by atoms with Gasteiger partial charge in [0, 0.05) is 16.6 Å². The predicted molar refractivity (Wildman–Crippen MR) is 87.9 cm³/mol. The Morgan fingerprint density at radius 1 is 1.00 bits per heavy atom. The number of H-pyrrole nitrogens is 1. The van der Waals surface area contributed by atoms with E-state index in [-0.39, 0.29) is 23.3 Å². The summed E-state index contributed by atoms with van der Waals surface area (Å²) in [5.74, 6) is 0.0741. The van der Waals surface area contributed by atoms with Crippen molar-refractivity contribution in [3.05, 3.63) is 53.2 Å². The van der Waals surface area contributed by atoms with Crippen LogP contribution in [-0.2, 0) is 12.8 Å². The highest BCUT2D eigenvalue weighted by Crippen LogP contribution is 2.34. The molecule has 5 heteroatoms. The second-order valence-corrected chi connectivity index (χ2v) is 6.03. The summed E-state index contributed by atoms with van der Waals surface area (Å²) in [6.07, 6.45) is 1.62. The first-order valence-electron chi connectivity index (χ1n) is 7.69. The first kappa shape index (κ1) is 14.0. The molecular formula is C18H18N2O3. The number of rotatable bonds is 2. The van der Waals surface area contributed by atoms with Gasteiger partial charge >= 0.3 is 0 Å². The molecule has 0 bridgehead atoms. The molecule has 4 rings (SSSR count). The molecule has 1 aliphatic heterocycles. The number of phenols is 3. The maximum atomic E-state index is 9.73. The topological polar surface area (TPSA) is 88.5 Å². The fraction of sp³-hybridized carbons (Fsp3) is 0.222. The maximum absolute atomic E-state index is 9.73. The van der Waals surface area contributed by atoms with Crippen molar-refractivity contribution in [3.63, 3.8) is 0 Å². The van der Waals surface area contributed by atoms with Gasteiger partial charge in [-0.2, -0.15) is 0 Å². The molecule has 5 nitrogen and oxygen atoms in total. The Bertz CT molecular complexity index is 885. The SMILES string of the molecule is Oc1ccc2[nH]c3c(c2c1)CCNC3Cc1ccc(O)c(O)c1. The molecule has 23 heavy (non-hydrogen) atoms. The molecule has 0 fully saturated rings. The van der Waals surface area contributed by atoms with Gasteiger partial charge in [-0.25, -0.2) is 0 Å². The highest BCUT2D eigenvalue weighted by molar-refractivity contribution is 5.86. The van der Waals surface area contributed by atoms with Crippen molar-refractivity contribution in [2.45, 2.75) is 18.9 Å². The number of hydrogen-bond acceptors (Lipinski definition) is 4. The Kier molecular flexibility index (Phi) is 3.16. The summed E-state index contributed by atoms with van der Waals surface area (Å²) in [6, 6.07) is 10.4. The molecule has 1 unspecified atom stereocenters. The van der Waals surface area contributed by atoms with Gasteiger partial charge < -0.3 is 25.6 Å². The van der Waals surface area contributed by atoms with Crippen molar-refractivity contribution in [1.29, 1.82) is 0 Å². The van der Waals surface area contributed by atoms with E-state index in [0.29, 0.717) is 6.42 Å². The summed E-state index contributed by atoms with van der Waals surface area (Å²) < 4.78 is 0. The molecule has 0 aliphatic carbocycles. The van der Waals surface area contributed by atoms with Crippen LogP contribution in [0.2, 0.25) is 0 Å². The Hall–Kier alpha value is -2.66. The standard InChI is InChI=1S/C18H18N2O3/c21-11-2-3-14-13(9-11)12-5-6-19-15(18(12)20-14)7-10-1-4-16(22)17(23)8-10/h1-4,8-9,15,19-23H,5-7H2. The van der Waals surface area contributed by atoms with Crippen molar-refractivity contribution >= 4 is 10.9 Å². The van der Waals surface area contributed by atoms with Crippen LogP contribution in [-0.4, -0.2) is 26.8 Å². The van der Waals surface area contributed by atoms with Gasteiger partial charge in [-0.05, 0) is 60.8 Å². The highest BCUT2D eigenvalue weighted by atomic mass is 16.3. The molecular weight excluding hydrogens is 292 g/mol. The van der Waals surface area contributed by atoms with E-state index in [1.54, 1.807) is 18.2 Å². The minimum absolute atomic E-state index is 0.0971. The number of aromatic hydroxyl groups is 3. The molecule has 2 aromatic carbocycles. The van der Waals surface area contributed by atoms with E-state index in [1.807, 2.05) is 12.1 Å². The van der Waals surface area contributed by atoms with Crippen LogP contribution in [0.5, 0.6) is 17.2 Å². The number of benzene rings is 2. The first-order valence-corrected chi connectivity index (χ1v) is 7.69. The van der Waals surface area contributed by atoms with Gasteiger partial charge in [0.15, 0.2) is 11.5 Å². The monoisotopic (exact) mass is 310 g/mol. The van der Waals surface area contributed by atoms with Crippen LogP contribution < -0.4 is 5.32 Å². The summed E-state index contributed by atoms with van der Waals surface area (Å²) in [5, 5.41) is 33.4. The lowest BCUT2D eigenvalue weighted by atomic mass is 9.94. The molecule has 1 aromatic heterocycles. The van der Waals surface area contributed by atoms with E-state index in [1.165, 1.54) is 11.6 Å². The Labute approximate surface area is 133 Å². The second-order valence-electron chi connectivity index (χ2n) is 6.03. The van der Waals surface area contributed by atoms with Crippen LogP contribution in [0.15, 0.2) is 36.4 Å². The largest absolute Gasteiger partial charge is 0.508 e. The molecule has 118 valence electrons. The predicted octanol–water partition coefficient (Wildman–Crippen LogP) is 2.71. The number of aromatic amines is 1. The van der Waals surface area contributed by atoms with Gasteiger partial charge in [0.1, 0.15) is 5.75 Å². The minimum atomic E-state index is -0.105. The van der Waals surface area contributed by atoms with Crippen molar-refractivity contribution in [3.8, 4) is 17.2 Å². The summed E-state index contributed by atoms with van der Waals surface area (Å²) in [5.41, 5.74) is 4.34. The van der Waals surface area contributed by atoms with Crippen LogP contribution >= 0.6 is 0 Å². The van der Waals surface area contributed by atoms with Gasteiger partial charge in [0.25, 0.3) is 0 Å². The van der Waals surface area contributed by atoms with Gasteiger partial charge in [0.05, 0.1) is 6.04 Å². The van der Waals surface area contributed by atoms with Crippen molar-refractivity contribution in [1.82, 2.24) is 10.3 Å². The first-order chi connectivity index (χ1) is 11.1. The van der Waals surface area contributed by atoms with Gasteiger partial charge in [0.2, 0.25) is 0 Å². The third-order valence-corrected chi connectivity index (χ3v) is 4.52. The number of hydrogen-bond donors (Lipinski definition) is 5. The normalized spacial score (nSPS) is 17.3. The fourth-order valence-electron chi connectivity index (χ4n) is 3.40. The maximum Gasteiger partial charge on any atom is 0.157 e. The second kappa shape index (κ2) is 5.21. The molecule has 0 radical (unpaired) electrons. The van der Waals surface area contributed by atoms with Gasteiger partial charge in [-0.3, -0.25) is 0 Å². The third-order valence-electron chi connectivity index (χ3n) is 4.52. The Morgan fingerprint density at radius 3 is 2.70 bits per heavy atom. The molecule has 0 amide bonds. The summed E-state index contributed by atoms with van der Waals surface area (Å²) in [4.78, 5) is 3.45. The zero-order chi connectivity index (χ0) is 16.0. The van der Waals surface area contributed by atoms with E-state index >= 15 is 0 Å². The van der Waals surface area contributed by atoms with Gasteiger partial charge in [-0.15, -0.1) is 0 Å². The van der Waals surface area contributed by atoms with Crippen molar-refractivity contribution < 1.29 is 15.3 Å². The summed E-state index contributed by atoms with van der Waals surface area (Å²) >= 11 is 0. The molecule has 2 heterocycles. The summed E-state index contributed by atoms with van der Waals surface area (Å²) in [7, 11) is 0. The lowest BCUT2D eigenvalue weighted by Gasteiger charge is -2.24. The van der Waals surface area contributed by atoms with Crippen LogP contribution in [0.1, 0.15) is 22.9 Å². The Morgan fingerprint density at radius 2 is 1.87 bits per heavy atom. The number of aromatic nitrogens is 1. The zero-order valence-corrected chi connectivity index (χ0v) is 12.5.